The van der Waals surface area contributed by atoms with E-state index >= 15 is 0 Å². The second-order valence-corrected chi connectivity index (χ2v) is 31.6. The van der Waals surface area contributed by atoms with E-state index in [1.807, 2.05) is 25.0 Å². The van der Waals surface area contributed by atoms with Crippen molar-refractivity contribution in [3.8, 4) is 33.6 Å². The summed E-state index contributed by atoms with van der Waals surface area (Å²) in [6.07, 6.45) is 16.9. The molecule has 0 spiro atoms. The van der Waals surface area contributed by atoms with Gasteiger partial charge in [0.05, 0.1) is 0 Å². The van der Waals surface area contributed by atoms with Gasteiger partial charge >= 0.3 is 293 Å². The van der Waals surface area contributed by atoms with Gasteiger partial charge in [-0.2, -0.15) is 0 Å². The van der Waals surface area contributed by atoms with E-state index in [0.717, 1.165) is 0 Å². The van der Waals surface area contributed by atoms with Gasteiger partial charge < -0.3 is 24.8 Å². The fourth-order valence-electron chi connectivity index (χ4n) is 7.85. The Bertz CT molecular complexity index is 2120. The largest absolute Gasteiger partial charge is 1.00 e. The van der Waals surface area contributed by atoms with Crippen molar-refractivity contribution in [3.63, 3.8) is 0 Å². The topological polar surface area (TPSA) is 35.6 Å². The molecule has 0 saturated carbocycles. The third-order valence-corrected chi connectivity index (χ3v) is 30.1. The maximum atomic E-state index is 4.45. The molecule has 0 bridgehead atoms. The quantitative estimate of drug-likeness (QED) is 0.233. The van der Waals surface area contributed by atoms with Crippen molar-refractivity contribution in [2.45, 2.75) is 48.0 Å². The molecule has 8 heteroatoms. The van der Waals surface area contributed by atoms with Gasteiger partial charge in [0.25, 0.3) is 0 Å². The second-order valence-electron chi connectivity index (χ2n) is 13.8. The summed E-state index contributed by atoms with van der Waals surface area (Å²) in [5.41, 5.74) is 18.4. The van der Waals surface area contributed by atoms with Crippen molar-refractivity contribution in [3.05, 3.63) is 155 Å². The Kier molecular flexibility index (Phi) is 10.6. The van der Waals surface area contributed by atoms with Crippen molar-refractivity contribution in [2.24, 2.45) is 0 Å². The van der Waals surface area contributed by atoms with Crippen LogP contribution in [0.15, 0.2) is 121 Å². The Morgan fingerprint density at radius 3 is 1.30 bits per heavy atom. The first kappa shape index (κ1) is 36.3. The van der Waals surface area contributed by atoms with E-state index in [2.05, 4.69) is 157 Å². The van der Waals surface area contributed by atoms with Crippen molar-refractivity contribution in [1.29, 1.82) is 0 Å². The van der Waals surface area contributed by atoms with Gasteiger partial charge in [-0.1, -0.05) is 0 Å². The fourth-order valence-corrected chi connectivity index (χ4v) is 28.5. The molecule has 0 amide bonds. The minimum Gasteiger partial charge on any atom is -1.00 e. The monoisotopic (exact) mass is 788 g/mol. The molecule has 4 nitrogen and oxygen atoms in total. The number of benzene rings is 4. The molecular weight excluding hydrogens is 751 g/mol. The molecule has 2 aliphatic rings. The molecule has 0 radical (unpaired) electrons. The van der Waals surface area contributed by atoms with Crippen molar-refractivity contribution in [1.82, 2.24) is 19.1 Å². The molecular formula is C42H40Cl2N4SiZr. The standard InChI is InChI=1S/2C20H17N2.C2H6Si.2ClH.Zr/c2*1-14-3-5-16(6-4-14)17-11-18-9-15(2)10-19(18)20(12-17)22-8-7-21-13-22;1-3-2;;;/h2*3-13H,1-2H3;1-2H3;2*1H;/q;;;;;+2/p-2. The van der Waals surface area contributed by atoms with Gasteiger partial charge in [-0.05, 0) is 0 Å². The summed E-state index contributed by atoms with van der Waals surface area (Å²) in [4.78, 5) is 8.90. The molecule has 8 rings (SSSR count). The first-order valence-corrected chi connectivity index (χ1v) is 25.8. The van der Waals surface area contributed by atoms with Crippen molar-refractivity contribution >= 4 is 17.6 Å². The van der Waals surface area contributed by atoms with Crippen LogP contribution in [0.1, 0.15) is 54.5 Å². The molecule has 250 valence electrons. The van der Waals surface area contributed by atoms with Gasteiger partial charge in [-0.3, -0.25) is 0 Å². The number of nitrogens with zero attached hydrogens (tertiary/aromatic N) is 4. The van der Waals surface area contributed by atoms with Crippen LogP contribution in [0.25, 0.3) is 45.8 Å². The molecule has 2 aliphatic carbocycles. The number of hydrogen-bond donors (Lipinski definition) is 0. The Labute approximate surface area is 316 Å². The average molecular weight is 791 g/mol. The van der Waals surface area contributed by atoms with Gasteiger partial charge in [0, 0.05) is 0 Å². The van der Waals surface area contributed by atoms with E-state index in [1.54, 1.807) is 11.1 Å². The number of allylic oxidation sites excluding steroid dienone is 2. The smallest absolute Gasteiger partial charge is 1.00 e. The summed E-state index contributed by atoms with van der Waals surface area (Å²) >= 11 is -2.36. The van der Waals surface area contributed by atoms with Crippen molar-refractivity contribution < 1.29 is 45.2 Å². The van der Waals surface area contributed by atoms with Gasteiger partial charge in [-0.25, -0.2) is 0 Å². The maximum Gasteiger partial charge on any atom is -1.00 e. The SMILES string of the molecule is CC1=Cc2c(cc(-c3ccc(C)cc3)cc2-n2ccnc2)[C@@H]1[Zr+2]([C@H]1C(C)=Cc2c1cc(-c1ccc(C)cc1)cc2-n1ccnc1)=[Si](C)C.[Cl-].[Cl-]. The molecule has 2 heterocycles. The normalized spacial score (nSPS) is 15.5. The Hall–Kier alpha value is -3.54. The van der Waals surface area contributed by atoms with Crippen LogP contribution < -0.4 is 24.8 Å². The minimum atomic E-state index is -2.36. The third kappa shape index (κ3) is 6.41. The minimum absolute atomic E-state index is 0. The summed E-state index contributed by atoms with van der Waals surface area (Å²) in [5, 5.41) is 0. The molecule has 0 N–H and O–H groups in total. The van der Waals surface area contributed by atoms with Crippen LogP contribution in [0, 0.1) is 13.8 Å². The number of imidazole rings is 2. The zero-order valence-corrected chi connectivity index (χ0v) is 34.2. The molecule has 2 atom stereocenters. The Morgan fingerprint density at radius 1 is 0.560 bits per heavy atom. The summed E-state index contributed by atoms with van der Waals surface area (Å²) < 4.78 is 5.43. The van der Waals surface area contributed by atoms with E-state index in [1.165, 1.54) is 67.0 Å². The van der Waals surface area contributed by atoms with Crippen LogP contribution in [0.5, 0.6) is 0 Å². The van der Waals surface area contributed by atoms with Crippen LogP contribution in [-0.2, 0) is 20.4 Å². The van der Waals surface area contributed by atoms with E-state index in [4.69, 9.17) is 0 Å². The van der Waals surface area contributed by atoms with Gasteiger partial charge in [0.1, 0.15) is 0 Å². The summed E-state index contributed by atoms with van der Waals surface area (Å²) in [5.74, 6) is 0. The first-order chi connectivity index (χ1) is 23.3. The van der Waals surface area contributed by atoms with E-state index in [-0.39, 0.29) is 24.8 Å². The average Bonchev–Trinajstić information content (AvgIpc) is 3.90. The van der Waals surface area contributed by atoms with Crippen LogP contribution in [0.3, 0.4) is 0 Å². The van der Waals surface area contributed by atoms with Crippen LogP contribution in [-0.4, -0.2) is 24.5 Å². The van der Waals surface area contributed by atoms with Gasteiger partial charge in [-0.15, -0.1) is 0 Å². The predicted molar refractivity (Wildman–Crippen MR) is 198 cm³/mol. The fraction of sp³-hybridized carbons (Fsp3) is 0.190. The number of rotatable bonds is 6. The number of aryl methyl sites for hydroxylation is 2. The maximum absolute atomic E-state index is 4.45. The molecule has 0 unspecified atom stereocenters. The second kappa shape index (κ2) is 14.6. The zero-order valence-electron chi connectivity index (χ0n) is 29.2. The predicted octanol–water partition coefficient (Wildman–Crippen LogP) is 4.50. The number of fused-ring (bicyclic) bond motifs is 2. The summed E-state index contributed by atoms with van der Waals surface area (Å²) in [7, 11) is 0. The van der Waals surface area contributed by atoms with E-state index in [0.29, 0.717) is 7.25 Å². The molecule has 6 aromatic rings. The zero-order chi connectivity index (χ0) is 33.1. The molecule has 0 saturated heterocycles. The number of aromatic nitrogens is 4. The van der Waals surface area contributed by atoms with Crippen LogP contribution in [0.4, 0.5) is 0 Å². The first-order valence-electron chi connectivity index (χ1n) is 16.8. The molecule has 0 aliphatic heterocycles. The van der Waals surface area contributed by atoms with Crippen LogP contribution in [0.2, 0.25) is 13.1 Å². The number of halogens is 2. The molecule has 50 heavy (non-hydrogen) atoms. The molecule has 4 aromatic carbocycles. The van der Waals surface area contributed by atoms with Gasteiger partial charge in [0.15, 0.2) is 0 Å². The summed E-state index contributed by atoms with van der Waals surface area (Å²) in [6.45, 7) is 14.4. The number of hydrogen-bond acceptors (Lipinski definition) is 2. The Balaban J connectivity index is 0.00000216. The van der Waals surface area contributed by atoms with Crippen LogP contribution >= 0.6 is 0 Å². The third-order valence-electron chi connectivity index (χ3n) is 10.2. The summed E-state index contributed by atoms with van der Waals surface area (Å²) in [6, 6.07) is 27.8. The van der Waals surface area contributed by atoms with Gasteiger partial charge in [0.2, 0.25) is 0 Å². The van der Waals surface area contributed by atoms with Crippen molar-refractivity contribution in [2.75, 3.05) is 0 Å². The molecule has 0 fully saturated rings. The Morgan fingerprint density at radius 2 is 0.960 bits per heavy atom. The van der Waals surface area contributed by atoms with E-state index in [9.17, 15) is 0 Å². The van der Waals surface area contributed by atoms with E-state index < -0.39 is 25.8 Å². The molecule has 2 aromatic heterocycles.